The first-order chi connectivity index (χ1) is 42.4. The number of hydrogen-bond acceptors (Lipinski definition) is 20. The molecule has 11 bridgehead atoms. The van der Waals surface area contributed by atoms with E-state index < -0.39 is 183 Å². The minimum absolute atomic E-state index is 0.0500. The van der Waals surface area contributed by atoms with E-state index >= 15 is 19.2 Å². The zero-order valence-electron chi connectivity index (χ0n) is 48.5. The smallest absolute Gasteiger partial charge is 0.330 e. The number of carboxylic acid groups (broad SMARTS) is 1. The maximum Gasteiger partial charge on any atom is 0.330 e. The second kappa shape index (κ2) is 26.0. The summed E-state index contributed by atoms with van der Waals surface area (Å²) in [5, 5.41) is 85.9. The van der Waals surface area contributed by atoms with Gasteiger partial charge in [0.1, 0.15) is 77.3 Å². The number of nitrogens with two attached hydrogens (primary N) is 2. The number of aliphatic hydroxyl groups is 1. The summed E-state index contributed by atoms with van der Waals surface area (Å²) >= 11 is 13.8. The summed E-state index contributed by atoms with van der Waals surface area (Å²) in [5.41, 5.74) is 8.21. The lowest BCUT2D eigenvalue weighted by Crippen LogP contribution is -2.59. The van der Waals surface area contributed by atoms with Gasteiger partial charge in [-0.1, -0.05) is 55.2 Å². The third-order valence-electron chi connectivity index (χ3n) is 15.5. The van der Waals surface area contributed by atoms with E-state index in [1.807, 2.05) is 13.8 Å². The lowest BCUT2D eigenvalue weighted by Gasteiger charge is -2.40. The maximum absolute atomic E-state index is 15.7. The number of phenolic OH excluding ortho intramolecular Hbond substituents is 4. The van der Waals surface area contributed by atoms with Gasteiger partial charge in [-0.05, 0) is 110 Å². The molecule has 0 radical (unpaired) electrons. The number of likely N-dealkylation sites (N-methyl/N-ethyl adjacent to an activating group) is 1. The van der Waals surface area contributed by atoms with E-state index in [1.165, 1.54) is 57.3 Å². The SMILES string of the molecule is CNC(CC(C)C)C(=O)NC1C(=O)NC(CC(N)=O)C(=O)NC2C(=O)NC3C(=O)NC(C(=O)NC(C(=O)O)c4cc(O)cc(O)c4-c4cc3ccc4O)C(OC3CC(C)(N)C(=O)C(C)O3)c3ccc(c(Cl)c3)Oc3cc2cc(c3O)Oc2ccc(cc2Cl)C1O. The van der Waals surface area contributed by atoms with Crippen LogP contribution in [0.2, 0.25) is 10.0 Å². The van der Waals surface area contributed by atoms with Crippen LogP contribution in [0.15, 0.2) is 78.9 Å². The fourth-order valence-corrected chi connectivity index (χ4v) is 11.4. The van der Waals surface area contributed by atoms with E-state index in [2.05, 4.69) is 37.2 Å². The lowest BCUT2D eigenvalue weighted by molar-refractivity contribution is -0.223. The second-order valence-corrected chi connectivity index (χ2v) is 23.5. The molecule has 90 heavy (non-hydrogen) atoms. The molecular formula is C60H63Cl2N9O19. The number of carbonyl (C=O) groups is 9. The van der Waals surface area contributed by atoms with Gasteiger partial charge in [0.15, 0.2) is 29.6 Å². The molecule has 12 unspecified atom stereocenters. The van der Waals surface area contributed by atoms with Crippen molar-refractivity contribution in [2.24, 2.45) is 17.4 Å². The van der Waals surface area contributed by atoms with Crippen molar-refractivity contribution in [3.8, 4) is 57.1 Å². The van der Waals surface area contributed by atoms with Gasteiger partial charge in [0.25, 0.3) is 0 Å². The standard InChI is InChI=1S/C60H63Cl2N9O19/c1-22(2)12-33(65-5)53(79)70-47-49(76)25-7-10-37(31(61)14-25)88-39-16-27-17-40(50(39)77)89-38-11-8-26(15-32(38)62)51(90-42-21-60(4,64)52(78)23(3)87-42)48-58(84)69-46(59(85)86)30-18-28(72)19-36(74)43(30)29-13-24(6-9-35(29)73)44(55(81)71-48)68-56(82)45(27)67-54(80)34(20-41(63)75)66-57(47)83/h6-11,13-19,22-23,33-34,42,44-49,51,65,72-74,76-77H,12,20-21,64H2,1-5H3,(H2,63,75)(H,66,83)(H,67,80)(H,68,82)(H,69,84)(H,70,79)(H,71,81)(H,85,86). The molecule has 30 heteroatoms. The van der Waals surface area contributed by atoms with Gasteiger partial charge in [-0.3, -0.25) is 38.4 Å². The largest absolute Gasteiger partial charge is 0.508 e. The molecule has 0 aromatic heterocycles. The molecular weight excluding hydrogens is 1220 g/mol. The highest BCUT2D eigenvalue weighted by Gasteiger charge is 2.47. The molecule has 6 heterocycles. The van der Waals surface area contributed by atoms with Crippen molar-refractivity contribution in [2.45, 2.75) is 119 Å². The van der Waals surface area contributed by atoms with E-state index in [0.717, 1.165) is 42.5 Å². The Hall–Kier alpha value is -9.29. The second-order valence-electron chi connectivity index (χ2n) is 22.7. The number of hydrogen-bond donors (Lipinski definition) is 15. The van der Waals surface area contributed by atoms with Crippen LogP contribution in [0.25, 0.3) is 11.1 Å². The fourth-order valence-electron chi connectivity index (χ4n) is 11.0. The number of ether oxygens (including phenoxy) is 4. The third-order valence-corrected chi connectivity index (χ3v) is 16.1. The molecule has 12 atom stereocenters. The number of carboxylic acids is 1. The molecule has 1 fully saturated rings. The molecule has 6 aliphatic rings. The van der Waals surface area contributed by atoms with E-state index in [4.69, 9.17) is 53.6 Å². The topological polar surface area (TPSA) is 448 Å². The Morgan fingerprint density at radius 1 is 0.733 bits per heavy atom. The molecule has 1 saturated heterocycles. The zero-order valence-corrected chi connectivity index (χ0v) is 50.0. The number of nitrogens with one attached hydrogen (secondary N) is 7. The van der Waals surface area contributed by atoms with Gasteiger partial charge in [-0.25, -0.2) is 4.79 Å². The average Bonchev–Trinajstić information content (AvgIpc) is 0.826. The number of aliphatic carboxylic acids is 1. The molecule has 5 aromatic carbocycles. The van der Waals surface area contributed by atoms with Crippen molar-refractivity contribution in [2.75, 3.05) is 7.05 Å². The van der Waals surface area contributed by atoms with Crippen LogP contribution in [0.5, 0.6) is 46.0 Å². The van der Waals surface area contributed by atoms with Crippen LogP contribution in [0.4, 0.5) is 0 Å². The van der Waals surface area contributed by atoms with Crippen molar-refractivity contribution < 1.29 is 92.7 Å². The average molecular weight is 1290 g/mol. The van der Waals surface area contributed by atoms with Crippen LogP contribution in [0, 0.1) is 5.92 Å². The highest BCUT2D eigenvalue weighted by molar-refractivity contribution is 6.32. The number of carbonyl (C=O) groups excluding carboxylic acids is 8. The molecule has 0 saturated carbocycles. The minimum atomic E-state index is -2.23. The van der Waals surface area contributed by atoms with Gasteiger partial charge < -0.3 is 98.3 Å². The number of ketones is 1. The molecule has 11 rings (SSSR count). The van der Waals surface area contributed by atoms with Crippen molar-refractivity contribution >= 4 is 76.3 Å². The van der Waals surface area contributed by atoms with Crippen molar-refractivity contribution in [3.63, 3.8) is 0 Å². The number of Topliss-reactive ketones (excluding diaryl/α,β-unsaturated/α-hetero) is 1. The highest BCUT2D eigenvalue weighted by atomic mass is 35.5. The minimum Gasteiger partial charge on any atom is -0.508 e. The number of rotatable bonds is 10. The summed E-state index contributed by atoms with van der Waals surface area (Å²) in [6.07, 6.45) is -7.66. The number of fused-ring (bicyclic) bond motifs is 15. The van der Waals surface area contributed by atoms with Gasteiger partial charge in [-0.2, -0.15) is 0 Å². The number of primary amides is 1. The number of halogens is 2. The normalized spacial score (nSPS) is 25.6. The van der Waals surface area contributed by atoms with Gasteiger partial charge in [0.05, 0.1) is 28.0 Å². The van der Waals surface area contributed by atoms with Crippen molar-refractivity contribution in [1.82, 2.24) is 37.2 Å². The Labute approximate surface area is 521 Å². The maximum atomic E-state index is 15.7. The molecule has 0 aliphatic carbocycles. The van der Waals surface area contributed by atoms with Crippen molar-refractivity contribution in [3.05, 3.63) is 117 Å². The zero-order chi connectivity index (χ0) is 65.5. The van der Waals surface area contributed by atoms with Crippen LogP contribution in [0.3, 0.4) is 0 Å². The Bertz CT molecular complexity index is 3770. The number of benzene rings is 5. The number of phenols is 4. The first-order valence-electron chi connectivity index (χ1n) is 28.0. The van der Waals surface area contributed by atoms with Gasteiger partial charge in [-0.15, -0.1) is 0 Å². The molecule has 7 amide bonds. The Kier molecular flexibility index (Phi) is 18.9. The predicted octanol–water partition coefficient (Wildman–Crippen LogP) is 2.84. The molecule has 6 aliphatic heterocycles. The summed E-state index contributed by atoms with van der Waals surface area (Å²) in [6, 6.07) is 0.629. The summed E-state index contributed by atoms with van der Waals surface area (Å²) in [5.74, 6) is -15.7. The van der Waals surface area contributed by atoms with Crippen LogP contribution < -0.4 is 58.2 Å². The summed E-state index contributed by atoms with van der Waals surface area (Å²) in [6.45, 7) is 6.46. The molecule has 476 valence electrons. The van der Waals surface area contributed by atoms with Gasteiger partial charge in [0.2, 0.25) is 47.1 Å². The molecule has 28 nitrogen and oxygen atoms in total. The Balaban J connectivity index is 1.29. The third kappa shape index (κ3) is 13.6. The van der Waals surface area contributed by atoms with Gasteiger partial charge >= 0.3 is 5.97 Å². The summed E-state index contributed by atoms with van der Waals surface area (Å²) < 4.78 is 25.0. The Morgan fingerprint density at radius 2 is 1.33 bits per heavy atom. The van der Waals surface area contributed by atoms with E-state index in [1.54, 1.807) is 0 Å². The molecule has 0 spiro atoms. The molecule has 5 aromatic rings. The van der Waals surface area contributed by atoms with Crippen LogP contribution in [0.1, 0.15) is 105 Å². The summed E-state index contributed by atoms with van der Waals surface area (Å²) in [7, 11) is 1.50. The number of aliphatic hydroxyl groups excluding tert-OH is 1. The number of amides is 7. The fraction of sp³-hybridized carbons (Fsp3) is 0.350. The van der Waals surface area contributed by atoms with Gasteiger partial charge in [0, 0.05) is 29.2 Å². The summed E-state index contributed by atoms with van der Waals surface area (Å²) in [4.78, 5) is 130. The Morgan fingerprint density at radius 3 is 1.93 bits per heavy atom. The number of aromatic hydroxyl groups is 4. The first kappa shape index (κ1) is 65.2. The predicted molar refractivity (Wildman–Crippen MR) is 316 cm³/mol. The highest BCUT2D eigenvalue weighted by Crippen LogP contribution is 2.48. The lowest BCUT2D eigenvalue weighted by atomic mass is 9.88. The van der Waals surface area contributed by atoms with Crippen LogP contribution in [-0.2, 0) is 52.6 Å². The van der Waals surface area contributed by atoms with Crippen LogP contribution in [-0.4, -0.2) is 133 Å². The first-order valence-corrected chi connectivity index (χ1v) is 28.7. The van der Waals surface area contributed by atoms with E-state index in [9.17, 15) is 54.6 Å². The molecule has 17 N–H and O–H groups in total. The van der Waals surface area contributed by atoms with E-state index in [0.29, 0.717) is 0 Å². The van der Waals surface area contributed by atoms with E-state index in [-0.39, 0.29) is 62.6 Å². The van der Waals surface area contributed by atoms with Crippen molar-refractivity contribution in [1.29, 1.82) is 0 Å². The quantitative estimate of drug-likeness (QED) is 0.0956. The van der Waals surface area contributed by atoms with Crippen LogP contribution >= 0.6 is 23.2 Å². The monoisotopic (exact) mass is 1280 g/mol.